The Balaban J connectivity index is 1.75. The Kier molecular flexibility index (Phi) is 3.21. The molecule has 1 aliphatic carbocycles. The summed E-state index contributed by atoms with van der Waals surface area (Å²) in [6, 6.07) is 11.1. The molecule has 1 aliphatic heterocycles. The van der Waals surface area contributed by atoms with Crippen molar-refractivity contribution >= 4 is 25.6 Å². The van der Waals surface area contributed by atoms with Crippen LogP contribution in [0.2, 0.25) is 4.82 Å². The van der Waals surface area contributed by atoms with Crippen molar-refractivity contribution in [2.75, 3.05) is 0 Å². The molecule has 0 saturated heterocycles. The summed E-state index contributed by atoms with van der Waals surface area (Å²) in [5, 5.41) is 9.96. The van der Waals surface area contributed by atoms with Crippen LogP contribution in [0.1, 0.15) is 25.7 Å². The van der Waals surface area contributed by atoms with Gasteiger partial charge in [-0.15, -0.1) is 0 Å². The fraction of sp³-hybridized carbons (Fsp3) is 0.500. The van der Waals surface area contributed by atoms with Gasteiger partial charge >= 0.3 is 108 Å². The molecule has 1 aromatic rings. The molecule has 1 aromatic carbocycles. The molecular weight excluding hydrogens is 277 g/mol. The minimum atomic E-state index is 0.378. The Morgan fingerprint density at radius 3 is 2.82 bits per heavy atom. The molecule has 1 N–H and O–H groups in total. The fourth-order valence-corrected chi connectivity index (χ4v) is 5.65. The molecule has 1 saturated carbocycles. The van der Waals surface area contributed by atoms with Gasteiger partial charge in [0.25, 0.3) is 0 Å². The van der Waals surface area contributed by atoms with Gasteiger partial charge in [-0.2, -0.15) is 0 Å². The van der Waals surface area contributed by atoms with E-state index in [4.69, 9.17) is 0 Å². The maximum atomic E-state index is 9.96. The summed E-state index contributed by atoms with van der Waals surface area (Å²) in [5.74, 6) is 0.825. The van der Waals surface area contributed by atoms with Crippen LogP contribution in [0, 0.1) is 5.92 Å². The van der Waals surface area contributed by atoms with Gasteiger partial charge in [0.15, 0.2) is 0 Å². The second kappa shape index (κ2) is 4.83. The van der Waals surface area contributed by atoms with E-state index < -0.39 is 0 Å². The zero-order chi connectivity index (χ0) is 11.7. The molecule has 3 atom stereocenters. The molecule has 0 amide bonds. The maximum absolute atomic E-state index is 9.96. The molecular formula is C14H18NOSe+. The van der Waals surface area contributed by atoms with E-state index >= 15 is 0 Å². The van der Waals surface area contributed by atoms with Crippen molar-refractivity contribution in [1.29, 1.82) is 0 Å². The molecule has 90 valence electrons. The molecule has 3 heteroatoms. The molecule has 0 aromatic heterocycles. The van der Waals surface area contributed by atoms with Crippen molar-refractivity contribution in [3.05, 3.63) is 30.3 Å². The SMILES string of the molecule is O[N+]1=CCC2CCC([Se]c3ccccc3)C1C2. The molecule has 2 aliphatic rings. The number of fused-ring (bicyclic) bond motifs is 2. The van der Waals surface area contributed by atoms with Gasteiger partial charge in [-0.3, -0.25) is 0 Å². The number of benzene rings is 1. The third-order valence-corrected chi connectivity index (χ3v) is 6.79. The van der Waals surface area contributed by atoms with Crippen LogP contribution < -0.4 is 4.46 Å². The van der Waals surface area contributed by atoms with Crippen molar-refractivity contribution in [2.45, 2.75) is 36.5 Å². The van der Waals surface area contributed by atoms with Crippen molar-refractivity contribution < 1.29 is 9.95 Å². The first-order valence-electron chi connectivity index (χ1n) is 6.35. The van der Waals surface area contributed by atoms with Gasteiger partial charge in [0.05, 0.1) is 0 Å². The third-order valence-electron chi connectivity index (χ3n) is 3.86. The first-order chi connectivity index (χ1) is 8.33. The van der Waals surface area contributed by atoms with Gasteiger partial charge in [-0.1, -0.05) is 0 Å². The summed E-state index contributed by atoms with van der Waals surface area (Å²) in [6.07, 6.45) is 6.88. The van der Waals surface area contributed by atoms with Crippen molar-refractivity contribution in [3.63, 3.8) is 0 Å². The second-order valence-corrected chi connectivity index (χ2v) is 7.77. The van der Waals surface area contributed by atoms with E-state index in [1.165, 1.54) is 28.5 Å². The van der Waals surface area contributed by atoms with Crippen LogP contribution in [-0.4, -0.2) is 37.2 Å². The fourth-order valence-electron chi connectivity index (χ4n) is 2.90. The Morgan fingerprint density at radius 1 is 1.18 bits per heavy atom. The second-order valence-electron chi connectivity index (χ2n) is 5.01. The van der Waals surface area contributed by atoms with Crippen LogP contribution >= 0.6 is 0 Å². The van der Waals surface area contributed by atoms with E-state index in [9.17, 15) is 5.21 Å². The van der Waals surface area contributed by atoms with Gasteiger partial charge < -0.3 is 0 Å². The summed E-state index contributed by atoms with van der Waals surface area (Å²) in [4.78, 5) is 0.669. The Morgan fingerprint density at radius 2 is 2.00 bits per heavy atom. The van der Waals surface area contributed by atoms with E-state index in [0.29, 0.717) is 25.8 Å². The van der Waals surface area contributed by atoms with Crippen LogP contribution in [-0.2, 0) is 0 Å². The zero-order valence-electron chi connectivity index (χ0n) is 9.83. The monoisotopic (exact) mass is 296 g/mol. The number of hydroxylamine groups is 1. The van der Waals surface area contributed by atoms with E-state index in [2.05, 4.69) is 30.3 Å². The first-order valence-corrected chi connectivity index (χ1v) is 8.20. The average Bonchev–Trinajstić information content (AvgIpc) is 2.38. The Bertz CT molecular complexity index is 417. The Hall–Kier alpha value is -0.791. The molecule has 0 spiro atoms. The molecule has 3 unspecified atom stereocenters. The number of hydrogen-bond acceptors (Lipinski definition) is 1. The van der Waals surface area contributed by atoms with Gasteiger partial charge in [0.1, 0.15) is 0 Å². The molecule has 0 radical (unpaired) electrons. The predicted octanol–water partition coefficient (Wildman–Crippen LogP) is 1.85. The summed E-state index contributed by atoms with van der Waals surface area (Å²) in [5.41, 5.74) is 0. The molecule has 1 heterocycles. The van der Waals surface area contributed by atoms with Gasteiger partial charge in [0.2, 0.25) is 0 Å². The number of nitrogens with zero attached hydrogens (tertiary/aromatic N) is 1. The molecule has 3 rings (SSSR count). The molecule has 2 bridgehead atoms. The van der Waals surface area contributed by atoms with Crippen LogP contribution in [0.4, 0.5) is 0 Å². The van der Waals surface area contributed by atoms with E-state index in [1.807, 2.05) is 6.21 Å². The minimum absolute atomic E-state index is 0.378. The number of rotatable bonds is 2. The first kappa shape index (κ1) is 11.3. The van der Waals surface area contributed by atoms with Crippen LogP contribution in [0.5, 0.6) is 0 Å². The van der Waals surface area contributed by atoms with Gasteiger partial charge in [-0.05, 0) is 0 Å². The summed E-state index contributed by atoms with van der Waals surface area (Å²) < 4.78 is 2.97. The van der Waals surface area contributed by atoms with Crippen LogP contribution in [0.15, 0.2) is 30.3 Å². The van der Waals surface area contributed by atoms with Gasteiger partial charge in [-0.25, -0.2) is 0 Å². The van der Waals surface area contributed by atoms with Crippen LogP contribution in [0.3, 0.4) is 0 Å². The average molecular weight is 295 g/mol. The Labute approximate surface area is 108 Å². The molecule has 2 nitrogen and oxygen atoms in total. The topological polar surface area (TPSA) is 23.2 Å². The normalized spacial score (nSPS) is 32.0. The van der Waals surface area contributed by atoms with E-state index in [0.717, 1.165) is 12.3 Å². The van der Waals surface area contributed by atoms with Crippen molar-refractivity contribution in [1.82, 2.24) is 0 Å². The summed E-state index contributed by atoms with van der Waals surface area (Å²) in [6.45, 7) is 0. The standard InChI is InChI=1S/C14H18NOSe/c16-15-9-8-11-6-7-14(13(15)10-11)17-12-4-2-1-3-5-12/h1-5,9,11,13-14,16H,6-8,10H2/q+1. The third kappa shape index (κ3) is 2.41. The van der Waals surface area contributed by atoms with Gasteiger partial charge in [0, 0.05) is 0 Å². The summed E-state index contributed by atoms with van der Waals surface area (Å²) >= 11 is 0.489. The quantitative estimate of drug-likeness (QED) is 0.502. The molecule has 17 heavy (non-hydrogen) atoms. The van der Waals surface area contributed by atoms with E-state index in [-0.39, 0.29) is 0 Å². The van der Waals surface area contributed by atoms with Crippen LogP contribution in [0.25, 0.3) is 0 Å². The molecule has 1 fully saturated rings. The van der Waals surface area contributed by atoms with Crippen molar-refractivity contribution in [3.8, 4) is 0 Å². The number of hydrogen-bond donors (Lipinski definition) is 1. The van der Waals surface area contributed by atoms with Crippen molar-refractivity contribution in [2.24, 2.45) is 5.92 Å². The summed E-state index contributed by atoms with van der Waals surface area (Å²) in [7, 11) is 0. The van der Waals surface area contributed by atoms with E-state index in [1.54, 1.807) is 0 Å². The zero-order valence-corrected chi connectivity index (χ0v) is 11.5. The predicted molar refractivity (Wildman–Crippen MR) is 69.4 cm³/mol.